The molecule has 0 aliphatic carbocycles. The van der Waals surface area contributed by atoms with E-state index >= 15 is 0 Å². The summed E-state index contributed by atoms with van der Waals surface area (Å²) in [6.07, 6.45) is 0.758. The van der Waals surface area contributed by atoms with Gasteiger partial charge in [-0.1, -0.05) is 48.5 Å². The first-order chi connectivity index (χ1) is 14.0. The van der Waals surface area contributed by atoms with E-state index in [1.807, 2.05) is 73.6 Å². The lowest BCUT2D eigenvalue weighted by Gasteiger charge is -2.18. The summed E-state index contributed by atoms with van der Waals surface area (Å²) in [5, 5.41) is 5.84. The van der Waals surface area contributed by atoms with Crippen molar-refractivity contribution in [3.8, 4) is 0 Å². The summed E-state index contributed by atoms with van der Waals surface area (Å²) in [4.78, 5) is 27.1. The molecule has 0 saturated heterocycles. The van der Waals surface area contributed by atoms with Crippen LogP contribution in [0.3, 0.4) is 0 Å². The molecule has 29 heavy (non-hydrogen) atoms. The Hall–Kier alpha value is -3.60. The average Bonchev–Trinajstić information content (AvgIpc) is 2.75. The Bertz CT molecular complexity index is 970. The molecule has 0 fully saturated rings. The lowest BCUT2D eigenvalue weighted by molar-refractivity contribution is 0.0953. The average molecular weight is 387 g/mol. The van der Waals surface area contributed by atoms with E-state index in [1.165, 1.54) is 5.56 Å². The number of nitrogens with zero attached hydrogens (tertiary/aromatic N) is 1. The minimum atomic E-state index is -0.210. The highest BCUT2D eigenvalue weighted by Gasteiger charge is 2.15. The summed E-state index contributed by atoms with van der Waals surface area (Å²) in [6.45, 7) is 0.538. The first-order valence-corrected chi connectivity index (χ1v) is 9.54. The van der Waals surface area contributed by atoms with Crippen LogP contribution in [0.25, 0.3) is 0 Å². The molecule has 0 spiro atoms. The summed E-state index contributed by atoms with van der Waals surface area (Å²) < 4.78 is 0. The fraction of sp³-hybridized carbons (Fsp3) is 0.167. The number of hydrogen-bond donors (Lipinski definition) is 2. The van der Waals surface area contributed by atoms with Crippen LogP contribution >= 0.6 is 0 Å². The highest BCUT2D eigenvalue weighted by Crippen LogP contribution is 2.23. The Kier molecular flexibility index (Phi) is 6.63. The monoisotopic (exact) mass is 387 g/mol. The van der Waals surface area contributed by atoms with Crippen LogP contribution < -0.4 is 15.5 Å². The Morgan fingerprint density at radius 3 is 2.14 bits per heavy atom. The molecule has 3 rings (SSSR count). The fourth-order valence-corrected chi connectivity index (χ4v) is 3.04. The highest BCUT2D eigenvalue weighted by molar-refractivity contribution is 6.06. The molecule has 2 N–H and O–H groups in total. The molecule has 3 aromatic carbocycles. The number of rotatable bonds is 7. The van der Waals surface area contributed by atoms with Crippen LogP contribution in [0.1, 0.15) is 26.3 Å². The molecule has 0 aliphatic heterocycles. The van der Waals surface area contributed by atoms with Crippen LogP contribution in [0, 0.1) is 0 Å². The number of amides is 2. The third-order valence-corrected chi connectivity index (χ3v) is 4.56. The van der Waals surface area contributed by atoms with E-state index in [9.17, 15) is 9.59 Å². The normalized spacial score (nSPS) is 10.3. The maximum Gasteiger partial charge on any atom is 0.255 e. The zero-order valence-corrected chi connectivity index (χ0v) is 16.7. The molecule has 0 aromatic heterocycles. The van der Waals surface area contributed by atoms with Crippen molar-refractivity contribution in [1.82, 2.24) is 5.32 Å². The molecule has 2 amide bonds. The number of nitrogens with one attached hydrogen (secondary N) is 2. The van der Waals surface area contributed by atoms with Crippen molar-refractivity contribution in [2.75, 3.05) is 30.9 Å². The summed E-state index contributed by atoms with van der Waals surface area (Å²) in [7, 11) is 3.77. The molecule has 0 saturated carbocycles. The first-order valence-electron chi connectivity index (χ1n) is 9.54. The molecule has 0 bridgehead atoms. The van der Waals surface area contributed by atoms with Crippen molar-refractivity contribution in [1.29, 1.82) is 0 Å². The van der Waals surface area contributed by atoms with E-state index < -0.39 is 0 Å². The maximum atomic E-state index is 12.8. The molecule has 5 nitrogen and oxygen atoms in total. The topological polar surface area (TPSA) is 61.4 Å². The zero-order chi connectivity index (χ0) is 20.6. The van der Waals surface area contributed by atoms with E-state index in [0.29, 0.717) is 23.4 Å². The van der Waals surface area contributed by atoms with Gasteiger partial charge in [-0.3, -0.25) is 9.59 Å². The highest BCUT2D eigenvalue weighted by atomic mass is 16.2. The predicted octanol–water partition coefficient (Wildman–Crippen LogP) is 3.98. The van der Waals surface area contributed by atoms with Gasteiger partial charge < -0.3 is 15.5 Å². The third-order valence-electron chi connectivity index (χ3n) is 4.56. The van der Waals surface area contributed by atoms with Gasteiger partial charge in [-0.25, -0.2) is 0 Å². The van der Waals surface area contributed by atoms with Gasteiger partial charge in [-0.05, 0) is 42.3 Å². The van der Waals surface area contributed by atoms with E-state index in [1.54, 1.807) is 24.3 Å². The van der Waals surface area contributed by atoms with Gasteiger partial charge in [-0.2, -0.15) is 0 Å². The maximum absolute atomic E-state index is 12.8. The van der Waals surface area contributed by atoms with Gasteiger partial charge in [0.2, 0.25) is 0 Å². The Morgan fingerprint density at radius 1 is 0.828 bits per heavy atom. The molecule has 0 heterocycles. The van der Waals surface area contributed by atoms with Gasteiger partial charge in [0.15, 0.2) is 0 Å². The van der Waals surface area contributed by atoms with Gasteiger partial charge in [0.25, 0.3) is 11.8 Å². The Balaban J connectivity index is 1.72. The quantitative estimate of drug-likeness (QED) is 0.645. The minimum absolute atomic E-state index is 0.166. The van der Waals surface area contributed by atoms with Gasteiger partial charge in [0.05, 0.1) is 5.56 Å². The van der Waals surface area contributed by atoms with E-state index in [-0.39, 0.29) is 11.8 Å². The summed E-state index contributed by atoms with van der Waals surface area (Å²) in [6, 6.07) is 24.4. The van der Waals surface area contributed by atoms with E-state index in [2.05, 4.69) is 10.6 Å². The fourth-order valence-electron chi connectivity index (χ4n) is 3.04. The van der Waals surface area contributed by atoms with Crippen molar-refractivity contribution in [3.63, 3.8) is 0 Å². The van der Waals surface area contributed by atoms with Crippen molar-refractivity contribution < 1.29 is 9.59 Å². The number of anilines is 2. The summed E-state index contributed by atoms with van der Waals surface area (Å²) >= 11 is 0. The van der Waals surface area contributed by atoms with Gasteiger partial charge in [-0.15, -0.1) is 0 Å². The summed E-state index contributed by atoms with van der Waals surface area (Å²) in [5.74, 6) is -0.376. The second-order valence-electron chi connectivity index (χ2n) is 6.94. The standard InChI is InChI=1S/C24H25N3O2/c1-27(2)22-14-13-20(26-23(28)19-11-7-4-8-12-19)17-21(22)24(29)25-16-15-18-9-5-3-6-10-18/h3-14,17H,15-16H2,1-2H3,(H,25,29)(H,26,28). The lowest BCUT2D eigenvalue weighted by Crippen LogP contribution is -2.28. The molecule has 0 unspecified atom stereocenters. The van der Waals surface area contributed by atoms with Crippen molar-refractivity contribution in [3.05, 3.63) is 95.6 Å². The van der Waals surface area contributed by atoms with E-state index in [4.69, 9.17) is 0 Å². The number of hydrogen-bond acceptors (Lipinski definition) is 3. The molecule has 5 heteroatoms. The van der Waals surface area contributed by atoms with E-state index in [0.717, 1.165) is 12.1 Å². The SMILES string of the molecule is CN(C)c1ccc(NC(=O)c2ccccc2)cc1C(=O)NCCc1ccccc1. The molecule has 0 radical (unpaired) electrons. The molecule has 3 aromatic rings. The smallest absolute Gasteiger partial charge is 0.255 e. The first kappa shape index (κ1) is 20.1. The van der Waals surface area contributed by atoms with Crippen molar-refractivity contribution >= 4 is 23.2 Å². The second-order valence-corrected chi connectivity index (χ2v) is 6.94. The molecule has 0 atom stereocenters. The van der Waals surface area contributed by atoms with Crippen LogP contribution in [-0.2, 0) is 6.42 Å². The molecule has 0 aliphatic rings. The third kappa shape index (κ3) is 5.45. The van der Waals surface area contributed by atoms with Crippen LogP contribution in [0.4, 0.5) is 11.4 Å². The predicted molar refractivity (Wildman–Crippen MR) is 118 cm³/mol. The zero-order valence-electron chi connectivity index (χ0n) is 16.7. The van der Waals surface area contributed by atoms with Gasteiger partial charge >= 0.3 is 0 Å². The number of benzene rings is 3. The van der Waals surface area contributed by atoms with Gasteiger partial charge in [0.1, 0.15) is 0 Å². The largest absolute Gasteiger partial charge is 0.377 e. The number of carbonyl (C=O) groups is 2. The number of carbonyl (C=O) groups excluding carboxylic acids is 2. The minimum Gasteiger partial charge on any atom is -0.377 e. The van der Waals surface area contributed by atoms with Crippen LogP contribution in [-0.4, -0.2) is 32.5 Å². The molecular weight excluding hydrogens is 362 g/mol. The summed E-state index contributed by atoms with van der Waals surface area (Å²) in [5.41, 5.74) is 3.63. The lowest BCUT2D eigenvalue weighted by atomic mass is 10.1. The van der Waals surface area contributed by atoms with Crippen LogP contribution in [0.2, 0.25) is 0 Å². The second kappa shape index (κ2) is 9.55. The molecular formula is C24H25N3O2. The Labute approximate surface area is 171 Å². The van der Waals surface area contributed by atoms with Gasteiger partial charge in [0, 0.05) is 37.6 Å². The van der Waals surface area contributed by atoms with Crippen molar-refractivity contribution in [2.45, 2.75) is 6.42 Å². The van der Waals surface area contributed by atoms with Crippen molar-refractivity contribution in [2.24, 2.45) is 0 Å². The molecule has 148 valence electrons. The van der Waals surface area contributed by atoms with Crippen LogP contribution in [0.15, 0.2) is 78.9 Å². The Morgan fingerprint density at radius 2 is 1.48 bits per heavy atom. The van der Waals surface area contributed by atoms with Crippen LogP contribution in [0.5, 0.6) is 0 Å².